The summed E-state index contributed by atoms with van der Waals surface area (Å²) in [6.45, 7) is 0.0392. The zero-order valence-corrected chi connectivity index (χ0v) is 14.1. The van der Waals surface area contributed by atoms with Crippen molar-refractivity contribution in [1.82, 2.24) is 9.79 Å². The summed E-state index contributed by atoms with van der Waals surface area (Å²) in [5.41, 5.74) is 0.353. The van der Waals surface area contributed by atoms with Crippen molar-refractivity contribution in [3.63, 3.8) is 0 Å². The first kappa shape index (κ1) is 16.8. The molecule has 0 amide bonds. The zero-order chi connectivity index (χ0) is 16.4. The molecule has 7 heteroatoms. The van der Waals surface area contributed by atoms with Gasteiger partial charge in [0.05, 0.1) is 12.6 Å². The van der Waals surface area contributed by atoms with Crippen LogP contribution < -0.4 is 4.72 Å². The van der Waals surface area contributed by atoms with Crippen molar-refractivity contribution in [2.24, 2.45) is 0 Å². The number of nitrogens with one attached hydrogen (secondary N) is 1. The predicted octanol–water partition coefficient (Wildman–Crippen LogP) is 2.36. The molecular weight excluding hydrogens is 319 g/mol. The summed E-state index contributed by atoms with van der Waals surface area (Å²) in [6, 6.07) is 5.62. The fourth-order valence-corrected chi connectivity index (χ4v) is 5.28. The highest BCUT2D eigenvalue weighted by molar-refractivity contribution is 7.90. The van der Waals surface area contributed by atoms with Crippen LogP contribution in [0.3, 0.4) is 0 Å². The molecule has 2 fully saturated rings. The number of hydrogen-bond donors (Lipinski definition) is 1. The van der Waals surface area contributed by atoms with E-state index in [1.165, 1.54) is 11.1 Å². The standard InChI is InChI=1S/C16H23FN2O3S/c1-19-16(13-9-5-6-10-14(13)17)15(11-22-19)23(20,21)18-12-7-3-2-4-8-12/h5-6,9-10,12,15-16,18H,2-4,7-8,11H2,1H3/t15-,16+/m1/s1. The van der Waals surface area contributed by atoms with E-state index >= 15 is 0 Å². The molecule has 5 nitrogen and oxygen atoms in total. The minimum absolute atomic E-state index is 0.0130. The maximum absolute atomic E-state index is 14.1. The topological polar surface area (TPSA) is 58.6 Å². The summed E-state index contributed by atoms with van der Waals surface area (Å²) < 4.78 is 42.6. The van der Waals surface area contributed by atoms with Crippen LogP contribution in [-0.4, -0.2) is 38.4 Å². The lowest BCUT2D eigenvalue weighted by atomic mass is 9.96. The number of rotatable bonds is 4. The largest absolute Gasteiger partial charge is 0.297 e. The van der Waals surface area contributed by atoms with Crippen LogP contribution in [0.1, 0.15) is 43.7 Å². The molecule has 3 rings (SSSR count). The Hall–Kier alpha value is -1.02. The van der Waals surface area contributed by atoms with Gasteiger partial charge in [0.25, 0.3) is 0 Å². The number of hydroxylamine groups is 2. The van der Waals surface area contributed by atoms with E-state index in [1.807, 2.05) is 0 Å². The molecule has 1 N–H and O–H groups in total. The lowest BCUT2D eigenvalue weighted by Gasteiger charge is -2.27. The first-order valence-corrected chi connectivity index (χ1v) is 9.65. The molecule has 0 aromatic heterocycles. The van der Waals surface area contributed by atoms with Crippen molar-refractivity contribution in [2.45, 2.75) is 49.4 Å². The van der Waals surface area contributed by atoms with Crippen LogP contribution in [0.2, 0.25) is 0 Å². The van der Waals surface area contributed by atoms with E-state index in [-0.39, 0.29) is 12.6 Å². The molecule has 1 aliphatic heterocycles. The summed E-state index contributed by atoms with van der Waals surface area (Å²) in [4.78, 5) is 5.41. The molecule has 128 valence electrons. The molecule has 1 aromatic carbocycles. The van der Waals surface area contributed by atoms with E-state index < -0.39 is 27.1 Å². The molecule has 0 radical (unpaired) electrons. The second-order valence-corrected chi connectivity index (χ2v) is 8.28. The molecule has 1 heterocycles. The first-order chi connectivity index (χ1) is 11.0. The van der Waals surface area contributed by atoms with Crippen LogP contribution >= 0.6 is 0 Å². The van der Waals surface area contributed by atoms with Crippen LogP contribution in [0.25, 0.3) is 0 Å². The number of nitrogens with zero attached hydrogens (tertiary/aromatic N) is 1. The monoisotopic (exact) mass is 342 g/mol. The zero-order valence-electron chi connectivity index (χ0n) is 13.2. The van der Waals surface area contributed by atoms with Crippen molar-refractivity contribution >= 4 is 10.0 Å². The van der Waals surface area contributed by atoms with Crippen molar-refractivity contribution in [3.8, 4) is 0 Å². The van der Waals surface area contributed by atoms with Crippen LogP contribution in [0.5, 0.6) is 0 Å². The Morgan fingerprint density at radius 3 is 2.61 bits per heavy atom. The molecule has 23 heavy (non-hydrogen) atoms. The molecule has 0 bridgehead atoms. The number of hydrogen-bond acceptors (Lipinski definition) is 4. The fraction of sp³-hybridized carbons (Fsp3) is 0.625. The molecule has 1 saturated heterocycles. The number of benzene rings is 1. The average Bonchev–Trinajstić information content (AvgIpc) is 2.91. The van der Waals surface area contributed by atoms with Gasteiger partial charge >= 0.3 is 0 Å². The Balaban J connectivity index is 1.83. The van der Waals surface area contributed by atoms with E-state index in [0.717, 1.165) is 32.1 Å². The van der Waals surface area contributed by atoms with Crippen molar-refractivity contribution in [3.05, 3.63) is 35.6 Å². The summed E-state index contributed by atoms with van der Waals surface area (Å²) in [5, 5.41) is 0.634. The summed E-state index contributed by atoms with van der Waals surface area (Å²) in [7, 11) is -1.94. The maximum atomic E-state index is 14.1. The predicted molar refractivity (Wildman–Crippen MR) is 85.6 cm³/mol. The first-order valence-electron chi connectivity index (χ1n) is 8.10. The summed E-state index contributed by atoms with van der Waals surface area (Å²) >= 11 is 0. The van der Waals surface area contributed by atoms with Gasteiger partial charge in [-0.05, 0) is 18.9 Å². The van der Waals surface area contributed by atoms with Gasteiger partial charge in [-0.2, -0.15) is 5.06 Å². The maximum Gasteiger partial charge on any atom is 0.219 e. The van der Waals surface area contributed by atoms with Gasteiger partial charge in [0, 0.05) is 18.7 Å². The Labute approximate surface area is 136 Å². The minimum atomic E-state index is -3.59. The van der Waals surface area contributed by atoms with Gasteiger partial charge in [0.2, 0.25) is 10.0 Å². The smallest absolute Gasteiger partial charge is 0.219 e. The molecule has 0 unspecified atom stereocenters. The van der Waals surface area contributed by atoms with E-state index in [0.29, 0.717) is 5.56 Å². The van der Waals surface area contributed by atoms with Crippen molar-refractivity contribution in [2.75, 3.05) is 13.7 Å². The Morgan fingerprint density at radius 1 is 1.22 bits per heavy atom. The van der Waals surface area contributed by atoms with Gasteiger partial charge in [-0.15, -0.1) is 0 Å². The normalized spacial score (nSPS) is 27.4. The number of sulfonamides is 1. The van der Waals surface area contributed by atoms with E-state index in [1.54, 1.807) is 25.2 Å². The average molecular weight is 342 g/mol. The van der Waals surface area contributed by atoms with Gasteiger partial charge < -0.3 is 0 Å². The van der Waals surface area contributed by atoms with Crippen LogP contribution in [0, 0.1) is 5.82 Å². The molecule has 1 saturated carbocycles. The quantitative estimate of drug-likeness (QED) is 0.913. The molecule has 1 aliphatic carbocycles. The molecular formula is C16H23FN2O3S. The van der Waals surface area contributed by atoms with Crippen molar-refractivity contribution in [1.29, 1.82) is 0 Å². The van der Waals surface area contributed by atoms with E-state index in [2.05, 4.69) is 4.72 Å². The van der Waals surface area contributed by atoms with Crippen LogP contribution in [0.4, 0.5) is 4.39 Å². The SMILES string of the molecule is CN1OC[C@@H](S(=O)(=O)NC2CCCCC2)[C@@H]1c1ccccc1F. The van der Waals surface area contributed by atoms with Crippen LogP contribution in [0.15, 0.2) is 24.3 Å². The minimum Gasteiger partial charge on any atom is -0.297 e. The second-order valence-electron chi connectivity index (χ2n) is 6.34. The van der Waals surface area contributed by atoms with E-state index in [9.17, 15) is 12.8 Å². The van der Waals surface area contributed by atoms with Gasteiger partial charge in [-0.3, -0.25) is 4.84 Å². The van der Waals surface area contributed by atoms with E-state index in [4.69, 9.17) is 4.84 Å². The summed E-state index contributed by atoms with van der Waals surface area (Å²) in [5.74, 6) is -0.410. The third-order valence-corrected chi connectivity index (χ3v) is 6.60. The van der Waals surface area contributed by atoms with Crippen LogP contribution in [-0.2, 0) is 14.9 Å². The lowest BCUT2D eigenvalue weighted by Crippen LogP contribution is -2.44. The summed E-state index contributed by atoms with van der Waals surface area (Å²) in [6.07, 6.45) is 4.99. The Bertz CT molecular complexity index is 646. The fourth-order valence-electron chi connectivity index (χ4n) is 3.51. The van der Waals surface area contributed by atoms with Crippen molar-refractivity contribution < 1.29 is 17.6 Å². The Morgan fingerprint density at radius 2 is 1.91 bits per heavy atom. The van der Waals surface area contributed by atoms with Gasteiger partial charge in [0.1, 0.15) is 11.1 Å². The molecule has 2 aliphatic rings. The van der Waals surface area contributed by atoms with Gasteiger partial charge in [-0.1, -0.05) is 37.5 Å². The third kappa shape index (κ3) is 3.57. The highest BCUT2D eigenvalue weighted by Crippen LogP contribution is 2.35. The second kappa shape index (κ2) is 6.84. The molecule has 1 aromatic rings. The van der Waals surface area contributed by atoms with Gasteiger partial charge in [-0.25, -0.2) is 17.5 Å². The highest BCUT2D eigenvalue weighted by Gasteiger charge is 2.44. The third-order valence-electron chi connectivity index (χ3n) is 4.74. The lowest BCUT2D eigenvalue weighted by molar-refractivity contribution is -0.111. The Kier molecular flexibility index (Phi) is 5.01. The van der Waals surface area contributed by atoms with Gasteiger partial charge in [0.15, 0.2) is 0 Å². The molecule has 0 spiro atoms. The number of halogens is 1. The molecule has 2 atom stereocenters. The highest BCUT2D eigenvalue weighted by atomic mass is 32.2.